The summed E-state index contributed by atoms with van der Waals surface area (Å²) in [6.07, 6.45) is -4.46. The number of halogens is 3. The number of nitrogens with zero attached hydrogens (tertiary/aromatic N) is 1. The second-order valence-corrected chi connectivity index (χ2v) is 7.92. The first kappa shape index (κ1) is 22.7. The number of aromatic nitrogens is 1. The lowest BCUT2D eigenvalue weighted by atomic mass is 9.94. The van der Waals surface area contributed by atoms with Crippen LogP contribution in [0, 0.1) is 5.41 Å². The lowest BCUT2D eigenvalue weighted by molar-refractivity contribution is -0.0908. The van der Waals surface area contributed by atoms with Crippen LogP contribution in [0.5, 0.6) is 0 Å². The molecule has 0 amide bonds. The van der Waals surface area contributed by atoms with E-state index < -0.39 is 11.9 Å². The van der Waals surface area contributed by atoms with Crippen LogP contribution in [0.3, 0.4) is 0 Å². The number of hydrogen-bond acceptors (Lipinski definition) is 7. The van der Waals surface area contributed by atoms with Crippen molar-refractivity contribution in [1.29, 1.82) is 5.41 Å². The molecule has 31 heavy (non-hydrogen) atoms. The smallest absolute Gasteiger partial charge is 0.327 e. The number of aldehydes is 1. The van der Waals surface area contributed by atoms with Gasteiger partial charge in [0.05, 0.1) is 5.71 Å². The Hall–Kier alpha value is -2.95. The van der Waals surface area contributed by atoms with Gasteiger partial charge in [-0.25, -0.2) is 4.98 Å². The zero-order chi connectivity index (χ0) is 22.4. The Balaban J connectivity index is 2.11. The number of alkyl halides is 3. The highest BCUT2D eigenvalue weighted by Crippen LogP contribution is 2.33. The average molecular weight is 463 g/mol. The molecule has 3 rings (SSSR count). The molecule has 0 unspecified atom stereocenters. The maximum absolute atomic E-state index is 14.1. The second-order valence-electron chi connectivity index (χ2n) is 6.35. The van der Waals surface area contributed by atoms with Crippen LogP contribution in [0.25, 0.3) is 0 Å². The first-order valence-corrected chi connectivity index (χ1v) is 10.7. The van der Waals surface area contributed by atoms with Gasteiger partial charge in [0.15, 0.2) is 11.4 Å². The van der Waals surface area contributed by atoms with Crippen molar-refractivity contribution in [3.05, 3.63) is 88.1 Å². The third kappa shape index (κ3) is 5.81. The van der Waals surface area contributed by atoms with Crippen molar-refractivity contribution >= 4 is 40.4 Å². The van der Waals surface area contributed by atoms with Crippen molar-refractivity contribution in [2.24, 2.45) is 5.14 Å². The van der Waals surface area contributed by atoms with Gasteiger partial charge in [-0.3, -0.25) is 15.3 Å². The van der Waals surface area contributed by atoms with Crippen LogP contribution >= 0.6 is 23.3 Å². The summed E-state index contributed by atoms with van der Waals surface area (Å²) >= 11 is 1.91. The van der Waals surface area contributed by atoms with Crippen molar-refractivity contribution in [3.63, 3.8) is 0 Å². The van der Waals surface area contributed by atoms with Gasteiger partial charge in [-0.2, -0.15) is 13.2 Å². The number of nitrogens with one attached hydrogen (secondary N) is 2. The van der Waals surface area contributed by atoms with E-state index in [1.807, 2.05) is 0 Å². The van der Waals surface area contributed by atoms with Gasteiger partial charge in [0.25, 0.3) is 0 Å². The van der Waals surface area contributed by atoms with Crippen LogP contribution in [-0.4, -0.2) is 23.2 Å². The molecule has 0 bridgehead atoms. The molecular weight excluding hydrogens is 445 g/mol. The van der Waals surface area contributed by atoms with E-state index in [-0.39, 0.29) is 28.5 Å². The highest BCUT2D eigenvalue weighted by molar-refractivity contribution is 7.97. The lowest BCUT2D eigenvalue weighted by Crippen LogP contribution is -2.25. The number of nitrogens with two attached hydrogens (primary N) is 1. The van der Waals surface area contributed by atoms with Crippen molar-refractivity contribution in [2.45, 2.75) is 17.5 Å². The van der Waals surface area contributed by atoms with E-state index in [0.29, 0.717) is 17.4 Å². The average Bonchev–Trinajstić information content (AvgIpc) is 3.24. The number of hydrogen-bond donors (Lipinski definition) is 3. The SMILES string of the molecule is N=C(/C(Cc1ccc(SN)cc1)=C(\Nc1nc(C=O)cs1)C(F)(F)F)c1ccccc1. The Labute approximate surface area is 184 Å². The molecule has 0 saturated carbocycles. The predicted octanol–water partition coefficient (Wildman–Crippen LogP) is 5.46. The number of carbonyl (C=O) groups is 1. The van der Waals surface area contributed by atoms with Crippen LogP contribution in [0.15, 0.2) is 76.1 Å². The van der Waals surface area contributed by atoms with Crippen LogP contribution in [-0.2, 0) is 6.42 Å². The number of anilines is 1. The Bertz CT molecular complexity index is 1090. The molecule has 3 aromatic rings. The third-order valence-corrected chi connectivity index (χ3v) is 5.58. The summed E-state index contributed by atoms with van der Waals surface area (Å²) in [5, 5.41) is 17.6. The first-order chi connectivity index (χ1) is 14.8. The van der Waals surface area contributed by atoms with Crippen molar-refractivity contribution in [1.82, 2.24) is 4.98 Å². The molecule has 0 fully saturated rings. The van der Waals surface area contributed by atoms with Crippen LogP contribution in [0.4, 0.5) is 18.3 Å². The summed E-state index contributed by atoms with van der Waals surface area (Å²) in [6, 6.07) is 15.0. The minimum Gasteiger partial charge on any atom is -0.327 e. The number of benzene rings is 2. The number of rotatable bonds is 8. The minimum absolute atomic E-state index is 0.0311. The van der Waals surface area contributed by atoms with Crippen molar-refractivity contribution in [3.8, 4) is 0 Å². The Morgan fingerprint density at radius 3 is 2.39 bits per heavy atom. The molecule has 160 valence electrons. The Morgan fingerprint density at radius 2 is 1.84 bits per heavy atom. The van der Waals surface area contributed by atoms with Crippen molar-refractivity contribution in [2.75, 3.05) is 5.32 Å². The molecule has 2 aromatic carbocycles. The molecule has 4 N–H and O–H groups in total. The van der Waals surface area contributed by atoms with Gasteiger partial charge in [-0.15, -0.1) is 11.3 Å². The fourth-order valence-electron chi connectivity index (χ4n) is 2.79. The van der Waals surface area contributed by atoms with E-state index in [9.17, 15) is 18.0 Å². The fourth-order valence-corrected chi connectivity index (χ4v) is 3.75. The van der Waals surface area contributed by atoms with Gasteiger partial charge in [-0.1, -0.05) is 42.5 Å². The number of thiazole rings is 1. The summed E-state index contributed by atoms with van der Waals surface area (Å²) in [7, 11) is 0. The normalized spacial score (nSPS) is 12.3. The van der Waals surface area contributed by atoms with Gasteiger partial charge < -0.3 is 5.32 Å². The largest absolute Gasteiger partial charge is 0.431 e. The zero-order valence-corrected chi connectivity index (χ0v) is 17.6. The first-order valence-electron chi connectivity index (χ1n) is 8.90. The molecular formula is C21H17F3N4OS2. The molecule has 1 heterocycles. The predicted molar refractivity (Wildman–Crippen MR) is 118 cm³/mol. The Kier molecular flexibility index (Phi) is 7.26. The van der Waals surface area contributed by atoms with E-state index in [0.717, 1.165) is 28.2 Å². The second kappa shape index (κ2) is 9.90. The lowest BCUT2D eigenvalue weighted by Gasteiger charge is -2.20. The topological polar surface area (TPSA) is 91.9 Å². The summed E-state index contributed by atoms with van der Waals surface area (Å²) < 4.78 is 42.3. The van der Waals surface area contributed by atoms with E-state index in [1.54, 1.807) is 54.6 Å². The zero-order valence-electron chi connectivity index (χ0n) is 15.9. The molecule has 5 nitrogen and oxygen atoms in total. The van der Waals surface area contributed by atoms with E-state index in [4.69, 9.17) is 10.5 Å². The third-order valence-electron chi connectivity index (χ3n) is 4.26. The maximum Gasteiger partial charge on any atom is 0.431 e. The molecule has 1 aromatic heterocycles. The summed E-state index contributed by atoms with van der Waals surface area (Å²) in [4.78, 5) is 15.5. The standard InChI is InChI=1S/C21H17F3N4OS2/c22-21(23,24)19(28-20-27-15(11-29)12-30-20)17(18(25)14-4-2-1-3-5-14)10-13-6-8-16(31-26)9-7-13/h1-9,11-12,25H,10,26H2,(H,27,28)/b19-17-,25-18?. The van der Waals surface area contributed by atoms with Crippen LogP contribution in [0.2, 0.25) is 0 Å². The summed E-state index contributed by atoms with van der Waals surface area (Å²) in [5.41, 5.74) is -0.624. The molecule has 0 radical (unpaired) electrons. The number of allylic oxidation sites excluding steroid dienone is 2. The minimum atomic E-state index is -4.78. The quantitative estimate of drug-likeness (QED) is 0.235. The maximum atomic E-state index is 14.1. The van der Waals surface area contributed by atoms with Gasteiger partial charge in [0, 0.05) is 22.3 Å². The monoisotopic (exact) mass is 462 g/mol. The highest BCUT2D eigenvalue weighted by Gasteiger charge is 2.38. The Morgan fingerprint density at radius 1 is 1.16 bits per heavy atom. The molecule has 0 atom stereocenters. The highest BCUT2D eigenvalue weighted by atomic mass is 32.2. The van der Waals surface area contributed by atoms with E-state index in [1.165, 1.54) is 5.38 Å². The molecule has 0 saturated heterocycles. The summed E-state index contributed by atoms with van der Waals surface area (Å²) in [5.74, 6) is 0. The van der Waals surface area contributed by atoms with E-state index in [2.05, 4.69) is 10.3 Å². The molecule has 0 aliphatic rings. The fraction of sp³-hybridized carbons (Fsp3) is 0.0952. The van der Waals surface area contributed by atoms with Crippen LogP contribution in [0.1, 0.15) is 21.6 Å². The van der Waals surface area contributed by atoms with Gasteiger partial charge in [0.1, 0.15) is 11.4 Å². The summed E-state index contributed by atoms with van der Waals surface area (Å²) in [6.45, 7) is 0. The molecule has 0 aliphatic carbocycles. The molecule has 10 heteroatoms. The van der Waals surface area contributed by atoms with E-state index >= 15 is 0 Å². The van der Waals surface area contributed by atoms with Gasteiger partial charge >= 0.3 is 6.18 Å². The van der Waals surface area contributed by atoms with Crippen molar-refractivity contribution < 1.29 is 18.0 Å². The van der Waals surface area contributed by atoms with Crippen LogP contribution < -0.4 is 10.5 Å². The van der Waals surface area contributed by atoms with Gasteiger partial charge in [0.2, 0.25) is 0 Å². The molecule has 0 spiro atoms. The van der Waals surface area contributed by atoms with Gasteiger partial charge in [-0.05, 0) is 35.2 Å². The molecule has 0 aliphatic heterocycles. The number of carbonyl (C=O) groups excluding carboxylic acids is 1.